The third-order valence-corrected chi connectivity index (χ3v) is 3.08. The summed E-state index contributed by atoms with van der Waals surface area (Å²) >= 11 is 0. The highest BCUT2D eigenvalue weighted by atomic mass is 16.2. The van der Waals surface area contributed by atoms with Gasteiger partial charge in [-0.05, 0) is 12.8 Å². The highest BCUT2D eigenvalue weighted by molar-refractivity contribution is 5.92. The Bertz CT molecular complexity index is 460. The number of imidazole rings is 1. The molecule has 0 saturated carbocycles. The van der Waals surface area contributed by atoms with Crippen LogP contribution in [0.4, 0.5) is 5.95 Å². The molecular formula is C13H21N5O2. The zero-order chi connectivity index (χ0) is 14.4. The minimum atomic E-state index is -0.239. The Hall–Kier alpha value is -2.05. The molecule has 0 spiro atoms. The molecular weight excluding hydrogens is 258 g/mol. The first kappa shape index (κ1) is 14.4. The topological polar surface area (TPSA) is 88.1 Å². The fourth-order valence-corrected chi connectivity index (χ4v) is 2.02. The zero-order valence-electron chi connectivity index (χ0n) is 11.7. The molecule has 20 heavy (non-hydrogen) atoms. The van der Waals surface area contributed by atoms with Crippen LogP contribution in [0.3, 0.4) is 0 Å². The van der Waals surface area contributed by atoms with Crippen molar-refractivity contribution in [2.24, 2.45) is 0 Å². The van der Waals surface area contributed by atoms with E-state index >= 15 is 0 Å². The number of aryl methyl sites for hydroxylation is 1. The summed E-state index contributed by atoms with van der Waals surface area (Å²) in [4.78, 5) is 27.5. The van der Waals surface area contributed by atoms with Crippen LogP contribution in [0.5, 0.6) is 0 Å². The van der Waals surface area contributed by atoms with Gasteiger partial charge in [-0.15, -0.1) is 0 Å². The second kappa shape index (κ2) is 6.93. The third kappa shape index (κ3) is 3.72. The van der Waals surface area contributed by atoms with Crippen molar-refractivity contribution in [3.05, 3.63) is 11.9 Å². The second-order valence-corrected chi connectivity index (χ2v) is 4.78. The fourth-order valence-electron chi connectivity index (χ4n) is 2.02. The summed E-state index contributed by atoms with van der Waals surface area (Å²) in [6.45, 7) is 4.75. The summed E-state index contributed by atoms with van der Waals surface area (Å²) in [6.07, 6.45) is 3.97. The van der Waals surface area contributed by atoms with Gasteiger partial charge < -0.3 is 20.5 Å². The minimum Gasteiger partial charge on any atom is -0.356 e. The van der Waals surface area contributed by atoms with E-state index in [4.69, 9.17) is 0 Å². The normalized spacial score (nSPS) is 13.2. The molecule has 0 aliphatic carbocycles. The van der Waals surface area contributed by atoms with Gasteiger partial charge in [0.25, 0.3) is 5.91 Å². The quantitative estimate of drug-likeness (QED) is 0.701. The van der Waals surface area contributed by atoms with E-state index in [0.29, 0.717) is 18.8 Å². The Labute approximate surface area is 118 Å². The van der Waals surface area contributed by atoms with Crippen molar-refractivity contribution in [2.45, 2.75) is 32.7 Å². The van der Waals surface area contributed by atoms with Crippen LogP contribution >= 0.6 is 0 Å². The van der Waals surface area contributed by atoms with Gasteiger partial charge in [0.1, 0.15) is 5.69 Å². The Morgan fingerprint density at radius 3 is 3.00 bits per heavy atom. The summed E-state index contributed by atoms with van der Waals surface area (Å²) in [6, 6.07) is 0. The van der Waals surface area contributed by atoms with Gasteiger partial charge >= 0.3 is 0 Å². The molecule has 2 rings (SSSR count). The van der Waals surface area contributed by atoms with E-state index in [-0.39, 0.29) is 18.2 Å². The van der Waals surface area contributed by atoms with Crippen LogP contribution in [0.2, 0.25) is 0 Å². The number of hydrogen-bond donors (Lipinski definition) is 3. The van der Waals surface area contributed by atoms with E-state index in [2.05, 4.69) is 20.9 Å². The summed E-state index contributed by atoms with van der Waals surface area (Å²) in [7, 11) is 0. The standard InChI is InChI=1S/C13H21N5O2/c1-2-5-14-11(19)4-7-15-12(20)10-9-18-8-3-6-16-13(18)17-10/h9H,2-8H2,1H3,(H,14,19)(H,15,20)(H,16,17). The SMILES string of the molecule is CCCNC(=O)CCNC(=O)c1cn2c(n1)NCCC2. The summed E-state index contributed by atoms with van der Waals surface area (Å²) in [5.74, 6) is 0.456. The van der Waals surface area contributed by atoms with Crippen molar-refractivity contribution in [3.8, 4) is 0 Å². The first-order valence-electron chi connectivity index (χ1n) is 7.06. The molecule has 0 aromatic carbocycles. The average molecular weight is 279 g/mol. The van der Waals surface area contributed by atoms with Crippen LogP contribution in [0, 0.1) is 0 Å². The van der Waals surface area contributed by atoms with Gasteiger partial charge in [0.05, 0.1) is 0 Å². The lowest BCUT2D eigenvalue weighted by molar-refractivity contribution is -0.120. The predicted molar refractivity (Wildman–Crippen MR) is 75.6 cm³/mol. The van der Waals surface area contributed by atoms with Crippen molar-refractivity contribution in [1.82, 2.24) is 20.2 Å². The van der Waals surface area contributed by atoms with Crippen molar-refractivity contribution < 1.29 is 9.59 Å². The lowest BCUT2D eigenvalue weighted by Gasteiger charge is -2.14. The maximum atomic E-state index is 11.9. The van der Waals surface area contributed by atoms with Gasteiger partial charge in [-0.2, -0.15) is 0 Å². The number of rotatable bonds is 6. The summed E-state index contributed by atoms with van der Waals surface area (Å²) in [5, 5.41) is 8.62. The van der Waals surface area contributed by atoms with Gasteiger partial charge in [0, 0.05) is 38.8 Å². The summed E-state index contributed by atoms with van der Waals surface area (Å²) in [5.41, 5.74) is 0.392. The van der Waals surface area contributed by atoms with E-state index in [9.17, 15) is 9.59 Å². The lowest BCUT2D eigenvalue weighted by atomic mass is 10.3. The van der Waals surface area contributed by atoms with Gasteiger partial charge in [-0.25, -0.2) is 4.98 Å². The minimum absolute atomic E-state index is 0.0436. The molecule has 1 aromatic rings. The average Bonchev–Trinajstić information content (AvgIpc) is 2.89. The highest BCUT2D eigenvalue weighted by Crippen LogP contribution is 2.13. The number of carbonyl (C=O) groups excluding carboxylic acids is 2. The van der Waals surface area contributed by atoms with Gasteiger partial charge in [-0.3, -0.25) is 9.59 Å². The number of fused-ring (bicyclic) bond motifs is 1. The van der Waals surface area contributed by atoms with Gasteiger partial charge in [-0.1, -0.05) is 6.92 Å². The van der Waals surface area contributed by atoms with E-state index in [1.54, 1.807) is 6.20 Å². The molecule has 2 heterocycles. The molecule has 7 heteroatoms. The number of aromatic nitrogens is 2. The molecule has 0 saturated heterocycles. The number of nitrogens with one attached hydrogen (secondary N) is 3. The van der Waals surface area contributed by atoms with Crippen LogP contribution in [-0.4, -0.2) is 41.0 Å². The molecule has 0 atom stereocenters. The Morgan fingerprint density at radius 1 is 1.40 bits per heavy atom. The molecule has 0 fully saturated rings. The Morgan fingerprint density at radius 2 is 2.25 bits per heavy atom. The van der Waals surface area contributed by atoms with E-state index in [1.165, 1.54) is 0 Å². The molecule has 110 valence electrons. The first-order valence-corrected chi connectivity index (χ1v) is 7.06. The molecule has 2 amide bonds. The number of hydrogen-bond acceptors (Lipinski definition) is 4. The second-order valence-electron chi connectivity index (χ2n) is 4.78. The maximum absolute atomic E-state index is 11.9. The fraction of sp³-hybridized carbons (Fsp3) is 0.615. The Balaban J connectivity index is 1.77. The molecule has 7 nitrogen and oxygen atoms in total. The van der Waals surface area contributed by atoms with E-state index in [1.807, 2.05) is 11.5 Å². The molecule has 0 bridgehead atoms. The van der Waals surface area contributed by atoms with E-state index < -0.39 is 0 Å². The summed E-state index contributed by atoms with van der Waals surface area (Å²) < 4.78 is 1.94. The van der Waals surface area contributed by atoms with Crippen LogP contribution in [0.15, 0.2) is 6.20 Å². The van der Waals surface area contributed by atoms with Gasteiger partial charge in [0.2, 0.25) is 11.9 Å². The third-order valence-electron chi connectivity index (χ3n) is 3.08. The highest BCUT2D eigenvalue weighted by Gasteiger charge is 2.16. The van der Waals surface area contributed by atoms with E-state index in [0.717, 1.165) is 31.9 Å². The maximum Gasteiger partial charge on any atom is 0.271 e. The molecule has 0 radical (unpaired) electrons. The first-order chi connectivity index (χ1) is 9.70. The largest absolute Gasteiger partial charge is 0.356 e. The number of amides is 2. The van der Waals surface area contributed by atoms with Crippen LogP contribution in [0.25, 0.3) is 0 Å². The number of anilines is 1. The van der Waals surface area contributed by atoms with Gasteiger partial charge in [0.15, 0.2) is 0 Å². The van der Waals surface area contributed by atoms with Crippen molar-refractivity contribution in [1.29, 1.82) is 0 Å². The smallest absolute Gasteiger partial charge is 0.271 e. The zero-order valence-corrected chi connectivity index (χ0v) is 11.7. The molecule has 3 N–H and O–H groups in total. The monoisotopic (exact) mass is 279 g/mol. The molecule has 1 aliphatic rings. The van der Waals surface area contributed by atoms with Crippen molar-refractivity contribution >= 4 is 17.8 Å². The number of nitrogens with zero attached hydrogens (tertiary/aromatic N) is 2. The predicted octanol–water partition coefficient (Wildman–Crippen LogP) is 0.345. The Kier molecular flexibility index (Phi) is 4.97. The molecule has 0 unspecified atom stereocenters. The van der Waals surface area contributed by atoms with Crippen LogP contribution in [-0.2, 0) is 11.3 Å². The number of carbonyl (C=O) groups is 2. The van der Waals surface area contributed by atoms with Crippen LogP contribution in [0.1, 0.15) is 36.7 Å². The molecule has 1 aromatic heterocycles. The van der Waals surface area contributed by atoms with Crippen molar-refractivity contribution in [2.75, 3.05) is 25.0 Å². The molecule has 1 aliphatic heterocycles. The van der Waals surface area contributed by atoms with Crippen molar-refractivity contribution in [3.63, 3.8) is 0 Å². The van der Waals surface area contributed by atoms with Crippen LogP contribution < -0.4 is 16.0 Å². The lowest BCUT2D eigenvalue weighted by Crippen LogP contribution is -2.31.